The molecule has 0 unspecified atom stereocenters. The molecule has 0 aromatic heterocycles. The number of hydrogen-bond acceptors (Lipinski definition) is 4. The standard InChI is InChI=1S/C16H24N4O3.HI/c1-17-16(19(2)8-9-23-12-13-6-7-13)18-11-14-4-3-5-15(10-14)20(21)22;/h3-5,10,13H,6-9,11-12H2,1-2H3,(H,17,18);1H. The fraction of sp³-hybridized carbons (Fsp3) is 0.562. The first-order valence-corrected chi connectivity index (χ1v) is 7.83. The van der Waals surface area contributed by atoms with Crippen molar-refractivity contribution in [2.75, 3.05) is 33.9 Å². The molecule has 1 aliphatic rings. The van der Waals surface area contributed by atoms with Crippen LogP contribution in [0.5, 0.6) is 0 Å². The minimum absolute atomic E-state index is 0. The Bertz CT molecular complexity index is 564. The summed E-state index contributed by atoms with van der Waals surface area (Å²) in [6.45, 7) is 2.76. The van der Waals surface area contributed by atoms with E-state index in [0.29, 0.717) is 13.2 Å². The second-order valence-corrected chi connectivity index (χ2v) is 5.77. The number of nitro groups is 1. The number of rotatable bonds is 8. The first-order valence-electron chi connectivity index (χ1n) is 7.83. The third-order valence-electron chi connectivity index (χ3n) is 3.77. The zero-order valence-corrected chi connectivity index (χ0v) is 16.4. The lowest BCUT2D eigenvalue weighted by Crippen LogP contribution is -2.40. The maximum absolute atomic E-state index is 10.8. The molecule has 0 spiro atoms. The van der Waals surface area contributed by atoms with Crippen molar-refractivity contribution < 1.29 is 9.66 Å². The summed E-state index contributed by atoms with van der Waals surface area (Å²) < 4.78 is 5.63. The van der Waals surface area contributed by atoms with Crippen molar-refractivity contribution in [3.05, 3.63) is 39.9 Å². The number of guanidine groups is 1. The van der Waals surface area contributed by atoms with Crippen molar-refractivity contribution in [2.24, 2.45) is 10.9 Å². The van der Waals surface area contributed by atoms with E-state index in [-0.39, 0.29) is 34.6 Å². The summed E-state index contributed by atoms with van der Waals surface area (Å²) in [6, 6.07) is 6.60. The van der Waals surface area contributed by atoms with E-state index >= 15 is 0 Å². The Kier molecular flexibility index (Phi) is 8.98. The van der Waals surface area contributed by atoms with E-state index in [4.69, 9.17) is 4.74 Å². The Labute approximate surface area is 159 Å². The molecule has 1 aromatic rings. The van der Waals surface area contributed by atoms with Crippen LogP contribution in [0.2, 0.25) is 0 Å². The molecule has 2 rings (SSSR count). The lowest BCUT2D eigenvalue weighted by molar-refractivity contribution is -0.384. The molecule has 8 heteroatoms. The molecule has 0 amide bonds. The number of nitro benzene ring substituents is 1. The number of benzene rings is 1. The van der Waals surface area contributed by atoms with Crippen LogP contribution in [-0.2, 0) is 11.3 Å². The fourth-order valence-corrected chi connectivity index (χ4v) is 2.19. The van der Waals surface area contributed by atoms with Gasteiger partial charge in [0, 0.05) is 45.9 Å². The predicted octanol–water partition coefficient (Wildman–Crippen LogP) is 2.65. The first-order chi connectivity index (χ1) is 11.1. The van der Waals surface area contributed by atoms with Gasteiger partial charge < -0.3 is 15.0 Å². The summed E-state index contributed by atoms with van der Waals surface area (Å²) in [7, 11) is 3.67. The number of ether oxygens (including phenoxy) is 1. The number of nitrogens with one attached hydrogen (secondary N) is 1. The monoisotopic (exact) mass is 448 g/mol. The largest absolute Gasteiger partial charge is 0.379 e. The molecule has 0 saturated heterocycles. The van der Waals surface area contributed by atoms with Crippen LogP contribution in [0.4, 0.5) is 5.69 Å². The van der Waals surface area contributed by atoms with E-state index in [9.17, 15) is 10.1 Å². The van der Waals surface area contributed by atoms with Crippen LogP contribution in [0.3, 0.4) is 0 Å². The van der Waals surface area contributed by atoms with Crippen LogP contribution in [0, 0.1) is 16.0 Å². The molecule has 1 aromatic carbocycles. The van der Waals surface area contributed by atoms with Crippen LogP contribution in [0.1, 0.15) is 18.4 Å². The second-order valence-electron chi connectivity index (χ2n) is 5.77. The number of nitrogens with zero attached hydrogens (tertiary/aromatic N) is 3. The van der Waals surface area contributed by atoms with Gasteiger partial charge in [-0.05, 0) is 24.3 Å². The maximum Gasteiger partial charge on any atom is 0.269 e. The van der Waals surface area contributed by atoms with Gasteiger partial charge in [-0.15, -0.1) is 24.0 Å². The number of halogens is 1. The van der Waals surface area contributed by atoms with Gasteiger partial charge in [0.2, 0.25) is 0 Å². The molecule has 7 nitrogen and oxygen atoms in total. The maximum atomic E-state index is 10.8. The van der Waals surface area contributed by atoms with Crippen molar-refractivity contribution in [1.82, 2.24) is 10.2 Å². The Morgan fingerprint density at radius 1 is 1.50 bits per heavy atom. The van der Waals surface area contributed by atoms with E-state index in [1.54, 1.807) is 19.2 Å². The molecule has 24 heavy (non-hydrogen) atoms. The number of aliphatic imine (C=N–C) groups is 1. The summed E-state index contributed by atoms with van der Waals surface area (Å²) >= 11 is 0. The van der Waals surface area contributed by atoms with Gasteiger partial charge in [-0.2, -0.15) is 0 Å². The topological polar surface area (TPSA) is 80.0 Å². The third kappa shape index (κ3) is 7.00. The highest BCUT2D eigenvalue weighted by Crippen LogP contribution is 2.28. The van der Waals surface area contributed by atoms with Crippen molar-refractivity contribution in [3.63, 3.8) is 0 Å². The second kappa shape index (κ2) is 10.4. The molecule has 1 saturated carbocycles. The predicted molar refractivity (Wildman–Crippen MR) is 105 cm³/mol. The number of non-ortho nitro benzene ring substituents is 1. The van der Waals surface area contributed by atoms with E-state index in [2.05, 4.69) is 10.3 Å². The van der Waals surface area contributed by atoms with Crippen molar-refractivity contribution in [1.29, 1.82) is 0 Å². The Hall–Kier alpha value is -1.42. The van der Waals surface area contributed by atoms with Gasteiger partial charge in [0.25, 0.3) is 5.69 Å². The average Bonchev–Trinajstić information content (AvgIpc) is 3.36. The molecule has 0 aliphatic heterocycles. The van der Waals surface area contributed by atoms with Crippen LogP contribution >= 0.6 is 24.0 Å². The van der Waals surface area contributed by atoms with Crippen LogP contribution in [0.25, 0.3) is 0 Å². The van der Waals surface area contributed by atoms with Gasteiger partial charge in [0.05, 0.1) is 11.5 Å². The van der Waals surface area contributed by atoms with Crippen molar-refractivity contribution in [2.45, 2.75) is 19.4 Å². The van der Waals surface area contributed by atoms with Gasteiger partial charge >= 0.3 is 0 Å². The van der Waals surface area contributed by atoms with Gasteiger partial charge in [0.1, 0.15) is 0 Å². The lowest BCUT2D eigenvalue weighted by atomic mass is 10.2. The Morgan fingerprint density at radius 2 is 2.25 bits per heavy atom. The molecule has 1 aliphatic carbocycles. The minimum atomic E-state index is -0.387. The summed E-state index contributed by atoms with van der Waals surface area (Å²) in [5.41, 5.74) is 0.944. The van der Waals surface area contributed by atoms with Crippen LogP contribution in [-0.4, -0.2) is 49.6 Å². The Morgan fingerprint density at radius 3 is 2.88 bits per heavy atom. The molecule has 0 bridgehead atoms. The molecule has 0 heterocycles. The quantitative estimate of drug-likeness (QED) is 0.165. The molecule has 0 atom stereocenters. The zero-order valence-electron chi connectivity index (χ0n) is 14.1. The van der Waals surface area contributed by atoms with E-state index in [1.807, 2.05) is 18.0 Å². The SMILES string of the molecule is CN=C(NCc1cccc([N+](=O)[O-])c1)N(C)CCOCC1CC1.I. The molecule has 1 fully saturated rings. The molecule has 0 radical (unpaired) electrons. The molecule has 134 valence electrons. The zero-order chi connectivity index (χ0) is 16.7. The molecular formula is C16H25IN4O3. The fourth-order valence-electron chi connectivity index (χ4n) is 2.19. The number of likely N-dealkylation sites (N-methyl/N-ethyl adjacent to an activating group) is 1. The highest BCUT2D eigenvalue weighted by atomic mass is 127. The first kappa shape index (κ1) is 20.6. The van der Waals surface area contributed by atoms with E-state index in [1.165, 1.54) is 18.9 Å². The lowest BCUT2D eigenvalue weighted by Gasteiger charge is -2.22. The highest BCUT2D eigenvalue weighted by molar-refractivity contribution is 14.0. The van der Waals surface area contributed by atoms with Crippen LogP contribution < -0.4 is 5.32 Å². The van der Waals surface area contributed by atoms with Crippen molar-refractivity contribution in [3.8, 4) is 0 Å². The summed E-state index contributed by atoms with van der Waals surface area (Å²) in [5.74, 6) is 1.51. The third-order valence-corrected chi connectivity index (χ3v) is 3.77. The summed E-state index contributed by atoms with van der Waals surface area (Å²) in [6.07, 6.45) is 2.59. The van der Waals surface area contributed by atoms with E-state index in [0.717, 1.165) is 30.6 Å². The van der Waals surface area contributed by atoms with Crippen LogP contribution in [0.15, 0.2) is 29.3 Å². The average molecular weight is 448 g/mol. The van der Waals surface area contributed by atoms with E-state index < -0.39 is 0 Å². The summed E-state index contributed by atoms with van der Waals surface area (Å²) in [4.78, 5) is 16.6. The number of hydrogen-bond donors (Lipinski definition) is 1. The molecule has 1 N–H and O–H groups in total. The summed E-state index contributed by atoms with van der Waals surface area (Å²) in [5, 5.41) is 14.0. The van der Waals surface area contributed by atoms with Gasteiger partial charge in [-0.3, -0.25) is 15.1 Å². The van der Waals surface area contributed by atoms with Gasteiger partial charge in [0.15, 0.2) is 5.96 Å². The Balaban J connectivity index is 0.00000288. The smallest absolute Gasteiger partial charge is 0.269 e. The molecular weight excluding hydrogens is 423 g/mol. The van der Waals surface area contributed by atoms with Gasteiger partial charge in [-0.1, -0.05) is 12.1 Å². The normalized spacial score (nSPS) is 14.0. The van der Waals surface area contributed by atoms with Crippen molar-refractivity contribution >= 4 is 35.6 Å². The highest BCUT2D eigenvalue weighted by Gasteiger charge is 2.21. The van der Waals surface area contributed by atoms with Gasteiger partial charge in [-0.25, -0.2) is 0 Å². The minimum Gasteiger partial charge on any atom is -0.379 e.